The molecule has 0 spiro atoms. The van der Waals surface area contributed by atoms with E-state index in [4.69, 9.17) is 9.47 Å². The molecule has 0 aliphatic carbocycles. The zero-order valence-corrected chi connectivity index (χ0v) is 13.3. The summed E-state index contributed by atoms with van der Waals surface area (Å²) in [7, 11) is 0. The van der Waals surface area contributed by atoms with Crippen LogP contribution in [0, 0.1) is 5.92 Å². The van der Waals surface area contributed by atoms with E-state index in [9.17, 15) is 9.90 Å². The summed E-state index contributed by atoms with van der Waals surface area (Å²) in [4.78, 5) is 13.6. The molecule has 1 saturated heterocycles. The van der Waals surface area contributed by atoms with Gasteiger partial charge < -0.3 is 19.5 Å². The van der Waals surface area contributed by atoms with Crippen LogP contribution >= 0.6 is 0 Å². The molecule has 0 bridgehead atoms. The van der Waals surface area contributed by atoms with Crippen molar-refractivity contribution in [2.45, 2.75) is 39.1 Å². The molecule has 5 nitrogen and oxygen atoms in total. The van der Waals surface area contributed by atoms with Crippen LogP contribution in [-0.2, 0) is 16.1 Å². The molecule has 1 amide bonds. The normalized spacial score (nSPS) is 21.9. The van der Waals surface area contributed by atoms with Crippen LogP contribution in [0.1, 0.15) is 25.8 Å². The number of rotatable bonds is 5. The Morgan fingerprint density at radius 3 is 2.73 bits per heavy atom. The highest BCUT2D eigenvalue weighted by Crippen LogP contribution is 2.17. The first-order chi connectivity index (χ1) is 10.6. The van der Waals surface area contributed by atoms with Crippen LogP contribution in [-0.4, -0.2) is 48.0 Å². The number of ether oxygens (including phenoxy) is 2. The first-order valence-electron chi connectivity index (χ1n) is 7.81. The van der Waals surface area contributed by atoms with Gasteiger partial charge in [0.15, 0.2) is 0 Å². The largest absolute Gasteiger partial charge is 0.445 e. The summed E-state index contributed by atoms with van der Waals surface area (Å²) < 4.78 is 11.0. The minimum atomic E-state index is -0.656. The van der Waals surface area contributed by atoms with E-state index in [0.717, 1.165) is 5.56 Å². The average molecular weight is 307 g/mol. The van der Waals surface area contributed by atoms with Gasteiger partial charge in [-0.25, -0.2) is 4.79 Å². The number of β-amino-alcohol motifs (C(OH)–C–C–N with tert-alkyl or cyclic N) is 1. The number of carbonyl (C=O) groups excluding carboxylic acids is 1. The fourth-order valence-electron chi connectivity index (χ4n) is 2.40. The van der Waals surface area contributed by atoms with E-state index >= 15 is 0 Å². The molecule has 22 heavy (non-hydrogen) atoms. The second kappa shape index (κ2) is 8.15. The van der Waals surface area contributed by atoms with E-state index in [2.05, 4.69) is 13.8 Å². The Kier molecular flexibility index (Phi) is 6.21. The Morgan fingerprint density at radius 1 is 1.36 bits per heavy atom. The Labute approximate surface area is 131 Å². The molecule has 1 N–H and O–H groups in total. The number of carbonyl (C=O) groups is 1. The van der Waals surface area contributed by atoms with Gasteiger partial charge in [0, 0.05) is 13.2 Å². The summed E-state index contributed by atoms with van der Waals surface area (Å²) in [5, 5.41) is 10.1. The number of amides is 1. The second-order valence-electron chi connectivity index (χ2n) is 6.11. The molecule has 1 aliphatic rings. The van der Waals surface area contributed by atoms with Crippen molar-refractivity contribution < 1.29 is 19.4 Å². The molecule has 2 rings (SSSR count). The Hall–Kier alpha value is -1.59. The molecular weight excluding hydrogens is 282 g/mol. The van der Waals surface area contributed by atoms with Crippen molar-refractivity contribution in [1.29, 1.82) is 0 Å². The lowest BCUT2D eigenvalue weighted by Crippen LogP contribution is -2.50. The minimum absolute atomic E-state index is 0.194. The molecule has 1 fully saturated rings. The summed E-state index contributed by atoms with van der Waals surface area (Å²) in [6.07, 6.45) is -0.600. The van der Waals surface area contributed by atoms with Crippen LogP contribution in [0.25, 0.3) is 0 Å². The van der Waals surface area contributed by atoms with E-state index in [1.807, 2.05) is 30.3 Å². The first-order valence-corrected chi connectivity index (χ1v) is 7.81. The Balaban J connectivity index is 1.76. The van der Waals surface area contributed by atoms with Crippen molar-refractivity contribution in [1.82, 2.24) is 4.90 Å². The van der Waals surface area contributed by atoms with E-state index in [1.54, 1.807) is 4.90 Å². The van der Waals surface area contributed by atoms with Gasteiger partial charge >= 0.3 is 6.09 Å². The number of hydrogen-bond donors (Lipinski definition) is 1. The molecule has 0 aromatic heterocycles. The Morgan fingerprint density at radius 2 is 2.09 bits per heavy atom. The van der Waals surface area contributed by atoms with Crippen LogP contribution in [0.2, 0.25) is 0 Å². The number of hydrogen-bond acceptors (Lipinski definition) is 4. The molecular formula is C17H25NO4. The van der Waals surface area contributed by atoms with Crippen molar-refractivity contribution in [2.75, 3.05) is 19.7 Å². The molecule has 0 saturated carbocycles. The first kappa shape index (κ1) is 16.8. The van der Waals surface area contributed by atoms with Crippen LogP contribution in [0.3, 0.4) is 0 Å². The summed E-state index contributed by atoms with van der Waals surface area (Å²) in [5.41, 5.74) is 0.951. The second-order valence-corrected chi connectivity index (χ2v) is 6.11. The molecule has 1 aromatic rings. The zero-order valence-electron chi connectivity index (χ0n) is 13.3. The van der Waals surface area contributed by atoms with Gasteiger partial charge in [-0.05, 0) is 17.9 Å². The number of benzene rings is 1. The van der Waals surface area contributed by atoms with Gasteiger partial charge in [0.1, 0.15) is 6.61 Å². The van der Waals surface area contributed by atoms with E-state index in [1.165, 1.54) is 0 Å². The van der Waals surface area contributed by atoms with Crippen molar-refractivity contribution in [3.8, 4) is 0 Å². The molecule has 1 aliphatic heterocycles. The summed E-state index contributed by atoms with van der Waals surface area (Å²) in [6, 6.07) is 9.56. The number of aliphatic hydroxyl groups is 1. The monoisotopic (exact) mass is 307 g/mol. The standard InChI is InChI=1S/C17H25NO4/c1-13(2)11-21-16-8-9-18(10-15(16)19)17(20)22-12-14-6-4-3-5-7-14/h3-7,13,15-16,19H,8-12H2,1-2H3. The van der Waals surface area contributed by atoms with Gasteiger partial charge in [-0.2, -0.15) is 0 Å². The highest BCUT2D eigenvalue weighted by molar-refractivity contribution is 5.67. The third-order valence-corrected chi connectivity index (χ3v) is 3.63. The zero-order chi connectivity index (χ0) is 15.9. The maximum Gasteiger partial charge on any atom is 0.410 e. The van der Waals surface area contributed by atoms with E-state index in [0.29, 0.717) is 25.5 Å². The third-order valence-electron chi connectivity index (χ3n) is 3.63. The fraction of sp³-hybridized carbons (Fsp3) is 0.588. The van der Waals surface area contributed by atoms with Gasteiger partial charge in [-0.15, -0.1) is 0 Å². The van der Waals surface area contributed by atoms with Crippen LogP contribution in [0.15, 0.2) is 30.3 Å². The van der Waals surface area contributed by atoms with Crippen molar-refractivity contribution in [3.05, 3.63) is 35.9 Å². The van der Waals surface area contributed by atoms with Gasteiger partial charge in [0.25, 0.3) is 0 Å². The lowest BCUT2D eigenvalue weighted by Gasteiger charge is -2.35. The number of piperidine rings is 1. The van der Waals surface area contributed by atoms with Crippen LogP contribution in [0.5, 0.6) is 0 Å². The minimum Gasteiger partial charge on any atom is -0.445 e. The smallest absolute Gasteiger partial charge is 0.410 e. The highest BCUT2D eigenvalue weighted by Gasteiger charge is 2.31. The van der Waals surface area contributed by atoms with Gasteiger partial charge in [0.05, 0.1) is 18.8 Å². The maximum atomic E-state index is 12.0. The predicted molar refractivity (Wildman–Crippen MR) is 83.4 cm³/mol. The summed E-state index contributed by atoms with van der Waals surface area (Å²) in [6.45, 7) is 5.83. The maximum absolute atomic E-state index is 12.0. The Bertz CT molecular complexity index is 463. The molecule has 1 heterocycles. The lowest BCUT2D eigenvalue weighted by molar-refractivity contribution is -0.0819. The molecule has 0 radical (unpaired) electrons. The number of likely N-dealkylation sites (tertiary alicyclic amines) is 1. The van der Waals surface area contributed by atoms with Gasteiger partial charge in [-0.1, -0.05) is 44.2 Å². The molecule has 2 unspecified atom stereocenters. The van der Waals surface area contributed by atoms with E-state index < -0.39 is 6.10 Å². The molecule has 1 aromatic carbocycles. The van der Waals surface area contributed by atoms with Crippen LogP contribution < -0.4 is 0 Å². The SMILES string of the molecule is CC(C)COC1CCN(C(=O)OCc2ccccc2)CC1O. The van der Waals surface area contributed by atoms with Crippen molar-refractivity contribution in [2.24, 2.45) is 5.92 Å². The highest BCUT2D eigenvalue weighted by atomic mass is 16.6. The number of nitrogens with zero attached hydrogens (tertiary/aromatic N) is 1. The average Bonchev–Trinajstić information content (AvgIpc) is 2.52. The quantitative estimate of drug-likeness (QED) is 0.907. The molecule has 5 heteroatoms. The topological polar surface area (TPSA) is 59.0 Å². The molecule has 122 valence electrons. The van der Waals surface area contributed by atoms with Gasteiger partial charge in [0.2, 0.25) is 0 Å². The van der Waals surface area contributed by atoms with E-state index in [-0.39, 0.29) is 25.3 Å². The van der Waals surface area contributed by atoms with Crippen LogP contribution in [0.4, 0.5) is 4.79 Å². The summed E-state index contributed by atoms with van der Waals surface area (Å²) >= 11 is 0. The molecule has 2 atom stereocenters. The third kappa shape index (κ3) is 5.00. The fourth-order valence-corrected chi connectivity index (χ4v) is 2.40. The number of aliphatic hydroxyl groups excluding tert-OH is 1. The van der Waals surface area contributed by atoms with Crippen molar-refractivity contribution in [3.63, 3.8) is 0 Å². The van der Waals surface area contributed by atoms with Crippen molar-refractivity contribution >= 4 is 6.09 Å². The lowest BCUT2D eigenvalue weighted by atomic mass is 10.1. The summed E-state index contributed by atoms with van der Waals surface area (Å²) in [5.74, 6) is 0.432. The predicted octanol–water partition coefficient (Wildman–Crippen LogP) is 2.43. The van der Waals surface area contributed by atoms with Gasteiger partial charge in [-0.3, -0.25) is 0 Å².